The Kier molecular flexibility index (Phi) is 7.17. The molecule has 0 saturated heterocycles. The predicted molar refractivity (Wildman–Crippen MR) is 137 cm³/mol. The number of rotatable bonds is 9. The summed E-state index contributed by atoms with van der Waals surface area (Å²) in [7, 11) is -2.89. The highest BCUT2D eigenvalue weighted by Crippen LogP contribution is 2.33. The van der Waals surface area contributed by atoms with Crippen molar-refractivity contribution < 1.29 is 28.7 Å². The number of imidazole rings is 1. The number of benzene rings is 2. The number of hydrogen-bond acceptors (Lipinski definition) is 6. The Morgan fingerprint density at radius 3 is 2.46 bits per heavy atom. The molecule has 0 aliphatic carbocycles. The van der Waals surface area contributed by atoms with Crippen LogP contribution in [0.5, 0.6) is 5.75 Å². The molecule has 2 amide bonds. The predicted octanol–water partition coefficient (Wildman–Crippen LogP) is 1.97. The molecule has 0 unspecified atom stereocenters. The number of ether oxygens (including phenoxy) is 1. The third-order valence-electron chi connectivity index (χ3n) is 5.87. The van der Waals surface area contributed by atoms with Gasteiger partial charge >= 0.3 is 7.60 Å². The fraction of sp³-hybridized carbons (Fsp3) is 0.250. The summed E-state index contributed by atoms with van der Waals surface area (Å²) in [6.07, 6.45) is 0.447. The molecule has 0 spiro atoms. The highest BCUT2D eigenvalue weighted by molar-refractivity contribution is 7.60. The lowest BCUT2D eigenvalue weighted by Gasteiger charge is -2.13. The van der Waals surface area contributed by atoms with Crippen LogP contribution in [0.25, 0.3) is 11.0 Å². The molecule has 2 aromatic heterocycles. The van der Waals surface area contributed by atoms with E-state index < -0.39 is 19.4 Å². The van der Waals surface area contributed by atoms with Gasteiger partial charge in [-0.3, -0.25) is 24.2 Å². The Hall–Kier alpha value is -3.99. The van der Waals surface area contributed by atoms with Crippen molar-refractivity contribution in [2.24, 2.45) is 5.73 Å². The van der Waals surface area contributed by atoms with Crippen LogP contribution < -0.4 is 21.1 Å². The minimum absolute atomic E-state index is 0.0687. The van der Waals surface area contributed by atoms with Crippen molar-refractivity contribution in [2.75, 3.05) is 12.4 Å². The van der Waals surface area contributed by atoms with E-state index in [1.807, 2.05) is 6.92 Å². The summed E-state index contributed by atoms with van der Waals surface area (Å²) < 4.78 is 20.4. The van der Waals surface area contributed by atoms with Gasteiger partial charge in [-0.25, -0.2) is 4.98 Å². The Balaban J connectivity index is 1.75. The standard InChI is InChI=1S/C24H27N6O6P/c1-4-30-19(11-14(2)28-30)23(32)27-24-26-18-12-16(22(25)31)13-20(36-3)21(18)29(24)10-9-15-5-7-17(8-6-15)37(33,34)35/h5-8,11-13H,4,9-10H2,1-3H3,(H2,25,31)(H,26,27,32)(H2,33,34,35). The monoisotopic (exact) mass is 526 g/mol. The van der Waals surface area contributed by atoms with Crippen molar-refractivity contribution in [3.63, 3.8) is 0 Å². The highest BCUT2D eigenvalue weighted by atomic mass is 31.2. The van der Waals surface area contributed by atoms with Gasteiger partial charge in [0, 0.05) is 18.7 Å². The summed E-state index contributed by atoms with van der Waals surface area (Å²) in [6, 6.07) is 10.8. The SMILES string of the molecule is CCn1nc(C)cc1C(=O)Nc1nc2cc(C(N)=O)cc(OC)c2n1CCc1ccc(P(=O)(O)O)cc1. The molecule has 2 aromatic carbocycles. The molecule has 2 heterocycles. The van der Waals surface area contributed by atoms with Crippen LogP contribution >= 0.6 is 7.60 Å². The van der Waals surface area contributed by atoms with Gasteiger partial charge in [0.2, 0.25) is 11.9 Å². The zero-order valence-electron chi connectivity index (χ0n) is 20.5. The van der Waals surface area contributed by atoms with E-state index in [2.05, 4.69) is 15.4 Å². The number of fused-ring (bicyclic) bond motifs is 1. The van der Waals surface area contributed by atoms with Crippen LogP contribution in [0.1, 0.15) is 39.0 Å². The van der Waals surface area contributed by atoms with E-state index in [1.54, 1.807) is 34.4 Å². The van der Waals surface area contributed by atoms with Crippen LogP contribution in [-0.2, 0) is 24.1 Å². The molecule has 5 N–H and O–H groups in total. The van der Waals surface area contributed by atoms with Gasteiger partial charge in [0.25, 0.3) is 5.91 Å². The van der Waals surface area contributed by atoms with Gasteiger partial charge in [0.1, 0.15) is 17.0 Å². The maximum Gasteiger partial charge on any atom is 0.356 e. The summed E-state index contributed by atoms with van der Waals surface area (Å²) in [6.45, 7) is 4.52. The third-order valence-corrected chi connectivity index (χ3v) is 6.84. The summed E-state index contributed by atoms with van der Waals surface area (Å²) in [5.41, 5.74) is 8.52. The topological polar surface area (TPSA) is 175 Å². The minimum Gasteiger partial charge on any atom is -0.494 e. The van der Waals surface area contributed by atoms with Crippen LogP contribution in [0.2, 0.25) is 0 Å². The number of aromatic nitrogens is 4. The number of nitrogens with zero attached hydrogens (tertiary/aromatic N) is 4. The number of carbonyl (C=O) groups excluding carboxylic acids is 2. The molecule has 37 heavy (non-hydrogen) atoms. The lowest BCUT2D eigenvalue weighted by molar-refractivity contribution is 0.0995. The second kappa shape index (κ2) is 10.2. The number of nitrogens with two attached hydrogens (primary N) is 1. The third kappa shape index (κ3) is 5.41. The van der Waals surface area contributed by atoms with Crippen molar-refractivity contribution >= 4 is 41.7 Å². The Labute approximate surface area is 212 Å². The normalized spacial score (nSPS) is 11.6. The van der Waals surface area contributed by atoms with Gasteiger partial charge in [-0.15, -0.1) is 0 Å². The molecule has 0 aliphatic heterocycles. The highest BCUT2D eigenvalue weighted by Gasteiger charge is 2.22. The first kappa shape index (κ1) is 26.1. The van der Waals surface area contributed by atoms with Crippen LogP contribution in [0.3, 0.4) is 0 Å². The number of amides is 2. The van der Waals surface area contributed by atoms with E-state index in [4.69, 9.17) is 10.5 Å². The second-order valence-electron chi connectivity index (χ2n) is 8.40. The van der Waals surface area contributed by atoms with Crippen LogP contribution in [0.15, 0.2) is 42.5 Å². The van der Waals surface area contributed by atoms with Crippen molar-refractivity contribution in [1.29, 1.82) is 0 Å². The van der Waals surface area contributed by atoms with E-state index in [0.717, 1.165) is 5.56 Å². The molecular formula is C24H27N6O6P. The van der Waals surface area contributed by atoms with Gasteiger partial charge in [-0.2, -0.15) is 5.10 Å². The summed E-state index contributed by atoms with van der Waals surface area (Å²) in [5, 5.41) is 7.10. The average molecular weight is 526 g/mol. The summed E-state index contributed by atoms with van der Waals surface area (Å²) in [4.78, 5) is 48.3. The molecule has 0 bridgehead atoms. The van der Waals surface area contributed by atoms with Gasteiger partial charge in [0.15, 0.2) is 0 Å². The Morgan fingerprint density at radius 2 is 1.86 bits per heavy atom. The number of anilines is 1. The van der Waals surface area contributed by atoms with E-state index in [0.29, 0.717) is 47.7 Å². The quantitative estimate of drug-likeness (QED) is 0.239. The number of hydrogen-bond donors (Lipinski definition) is 4. The molecule has 12 nitrogen and oxygen atoms in total. The lowest BCUT2D eigenvalue weighted by atomic mass is 10.1. The van der Waals surface area contributed by atoms with Crippen molar-refractivity contribution in [2.45, 2.75) is 33.4 Å². The zero-order chi connectivity index (χ0) is 26.9. The lowest BCUT2D eigenvalue weighted by Crippen LogP contribution is -2.20. The zero-order valence-corrected chi connectivity index (χ0v) is 21.4. The smallest absolute Gasteiger partial charge is 0.356 e. The number of aryl methyl sites for hydroxylation is 4. The largest absolute Gasteiger partial charge is 0.494 e. The fourth-order valence-corrected chi connectivity index (χ4v) is 4.61. The van der Waals surface area contributed by atoms with Crippen LogP contribution in [0, 0.1) is 6.92 Å². The molecule has 0 radical (unpaired) electrons. The molecule has 13 heteroatoms. The van der Waals surface area contributed by atoms with E-state index in [-0.39, 0.29) is 16.8 Å². The summed E-state index contributed by atoms with van der Waals surface area (Å²) in [5.74, 6) is -0.467. The summed E-state index contributed by atoms with van der Waals surface area (Å²) >= 11 is 0. The van der Waals surface area contributed by atoms with E-state index >= 15 is 0 Å². The van der Waals surface area contributed by atoms with Crippen molar-refractivity contribution in [3.05, 3.63) is 65.0 Å². The number of primary amides is 1. The fourth-order valence-electron chi connectivity index (χ4n) is 4.07. The van der Waals surface area contributed by atoms with Crippen LogP contribution in [0.4, 0.5) is 5.95 Å². The maximum absolute atomic E-state index is 13.2. The first-order valence-electron chi connectivity index (χ1n) is 11.4. The average Bonchev–Trinajstić information content (AvgIpc) is 3.41. The van der Waals surface area contributed by atoms with Crippen molar-refractivity contribution in [1.82, 2.24) is 19.3 Å². The first-order valence-corrected chi connectivity index (χ1v) is 13.0. The molecule has 0 saturated carbocycles. The number of carbonyl (C=O) groups is 2. The molecule has 0 atom stereocenters. The molecule has 0 aliphatic rings. The van der Waals surface area contributed by atoms with Gasteiger partial charge in [-0.05, 0) is 56.2 Å². The molecule has 0 fully saturated rings. The first-order chi connectivity index (χ1) is 17.5. The minimum atomic E-state index is -4.34. The molecule has 194 valence electrons. The van der Waals surface area contributed by atoms with Gasteiger partial charge < -0.3 is 24.8 Å². The number of nitrogens with one attached hydrogen (secondary N) is 1. The van der Waals surface area contributed by atoms with Crippen molar-refractivity contribution in [3.8, 4) is 5.75 Å². The molecule has 4 aromatic rings. The second-order valence-corrected chi connectivity index (χ2v) is 10.0. The maximum atomic E-state index is 13.2. The van der Waals surface area contributed by atoms with Crippen LogP contribution in [-0.4, -0.2) is 48.0 Å². The Bertz CT molecular complexity index is 1540. The number of methoxy groups -OCH3 is 1. The van der Waals surface area contributed by atoms with Gasteiger partial charge in [0.05, 0.1) is 23.6 Å². The molecule has 4 rings (SSSR count). The molecular weight excluding hydrogens is 499 g/mol. The van der Waals surface area contributed by atoms with E-state index in [9.17, 15) is 23.9 Å². The Morgan fingerprint density at radius 1 is 1.16 bits per heavy atom. The van der Waals surface area contributed by atoms with E-state index in [1.165, 1.54) is 31.4 Å². The van der Waals surface area contributed by atoms with Gasteiger partial charge in [-0.1, -0.05) is 12.1 Å².